The van der Waals surface area contributed by atoms with E-state index in [1.807, 2.05) is 32.0 Å². The van der Waals surface area contributed by atoms with Crippen LogP contribution in [0.2, 0.25) is 0 Å². The van der Waals surface area contributed by atoms with Gasteiger partial charge in [0.2, 0.25) is 0 Å². The predicted molar refractivity (Wildman–Crippen MR) is 92.4 cm³/mol. The maximum absolute atomic E-state index is 14.0. The van der Waals surface area contributed by atoms with Crippen LogP contribution in [0.5, 0.6) is 5.75 Å². The first-order valence-electron chi connectivity index (χ1n) is 8.27. The van der Waals surface area contributed by atoms with Crippen molar-refractivity contribution >= 4 is 16.7 Å². The van der Waals surface area contributed by atoms with E-state index in [-0.39, 0.29) is 5.75 Å². The first-order valence-corrected chi connectivity index (χ1v) is 8.27. The van der Waals surface area contributed by atoms with Gasteiger partial charge < -0.3 is 15.0 Å². The second-order valence-electron chi connectivity index (χ2n) is 6.97. The first kappa shape index (κ1) is 15.9. The van der Waals surface area contributed by atoms with Gasteiger partial charge in [-0.3, -0.25) is 0 Å². The second-order valence-corrected chi connectivity index (χ2v) is 6.97. The summed E-state index contributed by atoms with van der Waals surface area (Å²) in [6, 6.07) is 9.29. The fraction of sp³-hybridized carbons (Fsp3) is 0.316. The molecule has 4 rings (SSSR count). The molecular weight excluding hydrogens is 324 g/mol. The molecule has 0 atom stereocenters. The van der Waals surface area contributed by atoms with E-state index in [2.05, 4.69) is 4.57 Å². The van der Waals surface area contributed by atoms with Crippen LogP contribution in [0.4, 0.5) is 14.5 Å². The van der Waals surface area contributed by atoms with Crippen LogP contribution in [-0.2, 0) is 5.60 Å². The number of ether oxygens (including phenoxy) is 1. The van der Waals surface area contributed by atoms with Crippen molar-refractivity contribution in [2.75, 3.05) is 5.73 Å². The van der Waals surface area contributed by atoms with Gasteiger partial charge >= 0.3 is 0 Å². The lowest BCUT2D eigenvalue weighted by atomic mass is 10.1. The molecule has 1 aliphatic carbocycles. The molecule has 1 fully saturated rings. The van der Waals surface area contributed by atoms with E-state index in [0.29, 0.717) is 17.6 Å². The molecular formula is C19H19F2N3O. The first-order chi connectivity index (χ1) is 11.8. The Hall–Kier alpha value is -2.63. The van der Waals surface area contributed by atoms with E-state index in [1.165, 1.54) is 12.1 Å². The molecule has 6 heteroatoms. The van der Waals surface area contributed by atoms with Crippen molar-refractivity contribution in [3.05, 3.63) is 53.9 Å². The minimum atomic E-state index is -0.894. The molecule has 0 saturated heterocycles. The molecule has 130 valence electrons. The van der Waals surface area contributed by atoms with E-state index in [9.17, 15) is 8.78 Å². The van der Waals surface area contributed by atoms with Crippen LogP contribution in [0.15, 0.2) is 36.4 Å². The van der Waals surface area contributed by atoms with Gasteiger partial charge in [-0.2, -0.15) is 0 Å². The molecule has 0 unspecified atom stereocenters. The van der Waals surface area contributed by atoms with E-state index in [1.54, 1.807) is 0 Å². The van der Waals surface area contributed by atoms with Crippen molar-refractivity contribution in [1.29, 1.82) is 0 Å². The summed E-state index contributed by atoms with van der Waals surface area (Å²) in [6.45, 7) is 3.67. The summed E-state index contributed by atoms with van der Waals surface area (Å²) in [4.78, 5) is 4.71. The number of aromatic nitrogens is 2. The SMILES string of the molecule is CC(C)(Oc1ccc(F)cc1F)c1nc2cc(N)ccc2n1C1CC1. The van der Waals surface area contributed by atoms with Crippen molar-refractivity contribution in [2.24, 2.45) is 0 Å². The number of imidazole rings is 1. The number of nitrogens with zero attached hydrogens (tertiary/aromatic N) is 2. The van der Waals surface area contributed by atoms with Gasteiger partial charge in [-0.15, -0.1) is 0 Å². The topological polar surface area (TPSA) is 53.1 Å². The highest BCUT2D eigenvalue weighted by molar-refractivity contribution is 5.80. The predicted octanol–water partition coefficient (Wildman–Crippen LogP) is 4.55. The monoisotopic (exact) mass is 343 g/mol. The summed E-state index contributed by atoms with van der Waals surface area (Å²) < 4.78 is 35.2. The van der Waals surface area contributed by atoms with Crippen LogP contribution >= 0.6 is 0 Å². The molecule has 1 aromatic heterocycles. The normalized spacial score (nSPS) is 14.9. The molecule has 1 saturated carbocycles. The van der Waals surface area contributed by atoms with Crippen molar-refractivity contribution in [1.82, 2.24) is 9.55 Å². The zero-order valence-electron chi connectivity index (χ0n) is 14.1. The van der Waals surface area contributed by atoms with Crippen LogP contribution in [0.3, 0.4) is 0 Å². The molecule has 2 N–H and O–H groups in total. The number of nitrogen functional groups attached to an aromatic ring is 1. The number of rotatable bonds is 4. The zero-order chi connectivity index (χ0) is 17.8. The molecule has 1 aliphatic rings. The minimum Gasteiger partial charge on any atom is -0.477 e. The smallest absolute Gasteiger partial charge is 0.168 e. The minimum absolute atomic E-state index is 0.000293. The Morgan fingerprint density at radius 1 is 1.16 bits per heavy atom. The van der Waals surface area contributed by atoms with Gasteiger partial charge in [0.05, 0.1) is 11.0 Å². The third-order valence-corrected chi connectivity index (χ3v) is 4.42. The summed E-state index contributed by atoms with van der Waals surface area (Å²) in [5.41, 5.74) is 7.40. The van der Waals surface area contributed by atoms with Crippen LogP contribution in [-0.4, -0.2) is 9.55 Å². The highest BCUT2D eigenvalue weighted by Gasteiger charge is 2.36. The molecule has 1 heterocycles. The van der Waals surface area contributed by atoms with Gasteiger partial charge in [0.1, 0.15) is 5.82 Å². The van der Waals surface area contributed by atoms with Gasteiger partial charge in [0, 0.05) is 17.8 Å². The lowest BCUT2D eigenvalue weighted by molar-refractivity contribution is 0.0889. The molecule has 0 aliphatic heterocycles. The quantitative estimate of drug-likeness (QED) is 0.707. The lowest BCUT2D eigenvalue weighted by Gasteiger charge is -2.27. The molecule has 0 spiro atoms. The van der Waals surface area contributed by atoms with Crippen molar-refractivity contribution in [2.45, 2.75) is 38.3 Å². The highest BCUT2D eigenvalue weighted by Crippen LogP contribution is 2.42. The Labute approximate surface area is 144 Å². The van der Waals surface area contributed by atoms with E-state index < -0.39 is 17.2 Å². The molecule has 3 aromatic rings. The third kappa shape index (κ3) is 2.81. The number of hydrogen-bond acceptors (Lipinski definition) is 3. The Morgan fingerprint density at radius 2 is 1.92 bits per heavy atom. The molecule has 0 radical (unpaired) electrons. The average molecular weight is 343 g/mol. The Morgan fingerprint density at radius 3 is 2.60 bits per heavy atom. The van der Waals surface area contributed by atoms with Gasteiger partial charge in [0.25, 0.3) is 0 Å². The maximum atomic E-state index is 14.0. The van der Waals surface area contributed by atoms with Gasteiger partial charge in [-0.25, -0.2) is 13.8 Å². The summed E-state index contributed by atoms with van der Waals surface area (Å²) >= 11 is 0. The highest BCUT2D eigenvalue weighted by atomic mass is 19.1. The number of hydrogen-bond donors (Lipinski definition) is 1. The number of benzene rings is 2. The van der Waals surface area contributed by atoms with E-state index >= 15 is 0 Å². The van der Waals surface area contributed by atoms with Gasteiger partial charge in [-0.1, -0.05) is 0 Å². The van der Waals surface area contributed by atoms with Crippen LogP contribution in [0.25, 0.3) is 11.0 Å². The zero-order valence-corrected chi connectivity index (χ0v) is 14.1. The Bertz CT molecular complexity index is 961. The lowest BCUT2D eigenvalue weighted by Crippen LogP contribution is -2.30. The standard InChI is InChI=1S/C19H19F2N3O/c1-19(2,25-17-8-3-11(20)9-14(17)21)18-23-15-10-12(22)4-7-16(15)24(18)13-5-6-13/h3-4,7-10,13H,5-6,22H2,1-2H3. The second kappa shape index (κ2) is 5.44. The van der Waals surface area contributed by atoms with Crippen molar-refractivity contribution < 1.29 is 13.5 Å². The molecule has 4 nitrogen and oxygen atoms in total. The average Bonchev–Trinajstić information content (AvgIpc) is 3.30. The van der Waals surface area contributed by atoms with Crippen molar-refractivity contribution in [3.63, 3.8) is 0 Å². The Balaban J connectivity index is 1.80. The summed E-state index contributed by atoms with van der Waals surface area (Å²) in [5.74, 6) is -0.658. The number of fused-ring (bicyclic) bond motifs is 1. The fourth-order valence-electron chi connectivity index (χ4n) is 3.12. The molecule has 0 bridgehead atoms. The molecule has 0 amide bonds. The summed E-state index contributed by atoms with van der Waals surface area (Å²) in [5, 5.41) is 0. The largest absolute Gasteiger partial charge is 0.477 e. The fourth-order valence-corrected chi connectivity index (χ4v) is 3.12. The van der Waals surface area contributed by atoms with Crippen LogP contribution in [0, 0.1) is 11.6 Å². The molecule has 2 aromatic carbocycles. The van der Waals surface area contributed by atoms with Crippen molar-refractivity contribution in [3.8, 4) is 5.75 Å². The summed E-state index contributed by atoms with van der Waals surface area (Å²) in [7, 11) is 0. The summed E-state index contributed by atoms with van der Waals surface area (Å²) in [6.07, 6.45) is 2.15. The van der Waals surface area contributed by atoms with Crippen LogP contribution in [0.1, 0.15) is 38.6 Å². The third-order valence-electron chi connectivity index (χ3n) is 4.42. The van der Waals surface area contributed by atoms with Gasteiger partial charge in [0.15, 0.2) is 23.0 Å². The Kier molecular flexibility index (Phi) is 3.45. The molecule has 25 heavy (non-hydrogen) atoms. The maximum Gasteiger partial charge on any atom is 0.168 e. The van der Waals surface area contributed by atoms with Gasteiger partial charge in [-0.05, 0) is 57.0 Å². The number of nitrogens with two attached hydrogens (primary N) is 1. The number of halogens is 2. The van der Waals surface area contributed by atoms with E-state index in [0.717, 1.165) is 29.9 Å². The van der Waals surface area contributed by atoms with E-state index in [4.69, 9.17) is 15.5 Å². The van der Waals surface area contributed by atoms with Crippen LogP contribution < -0.4 is 10.5 Å². The number of anilines is 1.